The summed E-state index contributed by atoms with van der Waals surface area (Å²) in [7, 11) is -4.78. The fourth-order valence-corrected chi connectivity index (χ4v) is 3.58. The topological polar surface area (TPSA) is 109 Å². The van der Waals surface area contributed by atoms with Gasteiger partial charge in [0.2, 0.25) is 5.91 Å². The predicted molar refractivity (Wildman–Crippen MR) is 81.8 cm³/mol. The van der Waals surface area contributed by atoms with Crippen molar-refractivity contribution in [3.63, 3.8) is 0 Å². The highest BCUT2D eigenvalue weighted by Gasteiger charge is 2.69. The molecule has 23 heavy (non-hydrogen) atoms. The summed E-state index contributed by atoms with van der Waals surface area (Å²) < 4.78 is 55.7. The molecule has 1 amide bonds. The van der Waals surface area contributed by atoms with Crippen molar-refractivity contribution in [2.45, 2.75) is 21.6 Å². The SMILES string of the molecule is Nc1cc(Cl)c(NC(=O)C2CC(F)(F)C2(Cl)Cl)c(S(=O)(=O)O)c1. The van der Waals surface area contributed by atoms with Crippen molar-refractivity contribution in [3.8, 4) is 0 Å². The van der Waals surface area contributed by atoms with Gasteiger partial charge in [-0.15, -0.1) is 0 Å². The van der Waals surface area contributed by atoms with Crippen molar-refractivity contribution < 1.29 is 26.5 Å². The summed E-state index contributed by atoms with van der Waals surface area (Å²) in [4.78, 5) is 11.3. The minimum absolute atomic E-state index is 0.0974. The molecule has 0 radical (unpaired) electrons. The molecule has 1 aliphatic carbocycles. The Hall–Kier alpha value is -0.870. The van der Waals surface area contributed by atoms with Crippen LogP contribution in [0.4, 0.5) is 20.2 Å². The highest BCUT2D eigenvalue weighted by molar-refractivity contribution is 7.86. The number of hydrogen-bond acceptors (Lipinski definition) is 4. The van der Waals surface area contributed by atoms with Gasteiger partial charge in [0.05, 0.1) is 16.6 Å². The van der Waals surface area contributed by atoms with Gasteiger partial charge in [-0.1, -0.05) is 34.8 Å². The summed E-state index contributed by atoms with van der Waals surface area (Å²) >= 11 is 16.7. The van der Waals surface area contributed by atoms with Gasteiger partial charge in [0.25, 0.3) is 16.0 Å². The number of halogens is 5. The van der Waals surface area contributed by atoms with Crippen molar-refractivity contribution in [2.75, 3.05) is 11.1 Å². The van der Waals surface area contributed by atoms with E-state index in [0.717, 1.165) is 12.1 Å². The summed E-state index contributed by atoms with van der Waals surface area (Å²) in [6.45, 7) is 0. The minimum atomic E-state index is -4.78. The van der Waals surface area contributed by atoms with Gasteiger partial charge in [0.1, 0.15) is 4.90 Å². The van der Waals surface area contributed by atoms with Crippen LogP contribution in [0.1, 0.15) is 6.42 Å². The summed E-state index contributed by atoms with van der Waals surface area (Å²) in [6.07, 6.45) is -0.917. The molecular weight excluding hydrogens is 401 g/mol. The lowest BCUT2D eigenvalue weighted by atomic mass is 9.79. The Morgan fingerprint density at radius 1 is 1.39 bits per heavy atom. The number of nitrogen functional groups attached to an aromatic ring is 1. The zero-order valence-electron chi connectivity index (χ0n) is 11.0. The zero-order chi connectivity index (χ0) is 17.8. The third-order valence-electron chi connectivity index (χ3n) is 3.30. The highest BCUT2D eigenvalue weighted by atomic mass is 35.5. The number of carbonyl (C=O) groups is 1. The van der Waals surface area contributed by atoms with Crippen molar-refractivity contribution in [2.24, 2.45) is 5.92 Å². The molecule has 0 saturated heterocycles. The number of nitrogens with two attached hydrogens (primary N) is 1. The lowest BCUT2D eigenvalue weighted by molar-refractivity contribution is -0.150. The first-order chi connectivity index (χ1) is 10.3. The van der Waals surface area contributed by atoms with Crippen LogP contribution in [-0.2, 0) is 14.9 Å². The quantitative estimate of drug-likeness (QED) is 0.404. The van der Waals surface area contributed by atoms with Crippen LogP contribution in [0.5, 0.6) is 0 Å². The molecule has 1 aromatic rings. The summed E-state index contributed by atoms with van der Waals surface area (Å²) in [5, 5.41) is 1.73. The van der Waals surface area contributed by atoms with E-state index >= 15 is 0 Å². The van der Waals surface area contributed by atoms with Gasteiger partial charge in [0, 0.05) is 12.1 Å². The lowest BCUT2D eigenvalue weighted by Crippen LogP contribution is -2.61. The summed E-state index contributed by atoms with van der Waals surface area (Å²) in [5.41, 5.74) is 4.81. The highest BCUT2D eigenvalue weighted by Crippen LogP contribution is 2.58. The molecule has 2 rings (SSSR count). The van der Waals surface area contributed by atoms with Crippen molar-refractivity contribution in [3.05, 3.63) is 17.2 Å². The number of rotatable bonds is 3. The molecule has 6 nitrogen and oxygen atoms in total. The smallest absolute Gasteiger partial charge is 0.296 e. The fraction of sp³-hybridized carbons (Fsp3) is 0.364. The van der Waals surface area contributed by atoms with Crippen LogP contribution in [0.15, 0.2) is 17.0 Å². The van der Waals surface area contributed by atoms with Crippen LogP contribution in [0.2, 0.25) is 5.02 Å². The molecule has 1 fully saturated rings. The van der Waals surface area contributed by atoms with Crippen LogP contribution in [0.25, 0.3) is 0 Å². The third kappa shape index (κ3) is 3.20. The summed E-state index contributed by atoms with van der Waals surface area (Å²) in [6, 6.07) is 1.96. The molecule has 1 atom stereocenters. The van der Waals surface area contributed by atoms with E-state index < -0.39 is 49.2 Å². The van der Waals surface area contributed by atoms with E-state index in [4.69, 9.17) is 45.1 Å². The molecule has 0 bridgehead atoms. The van der Waals surface area contributed by atoms with E-state index in [2.05, 4.69) is 0 Å². The number of amides is 1. The molecule has 1 unspecified atom stereocenters. The molecule has 12 heteroatoms. The van der Waals surface area contributed by atoms with E-state index in [-0.39, 0.29) is 10.7 Å². The van der Waals surface area contributed by atoms with Gasteiger partial charge in [0.15, 0.2) is 4.33 Å². The fourth-order valence-electron chi connectivity index (χ4n) is 2.04. The average molecular weight is 410 g/mol. The Bertz CT molecular complexity index is 786. The lowest BCUT2D eigenvalue weighted by Gasteiger charge is -2.45. The van der Waals surface area contributed by atoms with Gasteiger partial charge >= 0.3 is 0 Å². The molecule has 0 spiro atoms. The molecule has 0 heterocycles. The number of alkyl halides is 4. The second-order valence-electron chi connectivity index (χ2n) is 4.92. The van der Waals surface area contributed by atoms with Crippen LogP contribution in [-0.4, -0.2) is 29.1 Å². The number of hydrogen-bond donors (Lipinski definition) is 3. The maximum atomic E-state index is 13.2. The van der Waals surface area contributed by atoms with Crippen LogP contribution < -0.4 is 11.1 Å². The Balaban J connectivity index is 2.37. The molecular formula is C11H9Cl3F2N2O4S. The third-order valence-corrected chi connectivity index (χ3v) is 5.56. The van der Waals surface area contributed by atoms with Crippen molar-refractivity contribution in [1.29, 1.82) is 0 Å². The summed E-state index contributed by atoms with van der Waals surface area (Å²) in [5.74, 6) is -6.03. The van der Waals surface area contributed by atoms with Gasteiger partial charge in [-0.25, -0.2) is 8.78 Å². The molecule has 0 aromatic heterocycles. The van der Waals surface area contributed by atoms with E-state index in [1.165, 1.54) is 0 Å². The Morgan fingerprint density at radius 2 is 1.96 bits per heavy atom. The molecule has 1 saturated carbocycles. The standard InChI is InChI=1S/C11H9Cl3F2N2O4S/c12-6-1-4(17)2-7(23(20,21)22)8(6)18-9(19)5-3-10(15,16)11(5,13)14/h1-2,5H,3,17H2,(H,18,19)(H,20,21,22). The van der Waals surface area contributed by atoms with E-state index in [1.807, 2.05) is 5.32 Å². The molecule has 1 aromatic carbocycles. The molecule has 128 valence electrons. The average Bonchev–Trinajstić information content (AvgIpc) is 2.37. The van der Waals surface area contributed by atoms with Crippen LogP contribution in [0, 0.1) is 5.92 Å². The minimum Gasteiger partial charge on any atom is -0.399 e. The van der Waals surface area contributed by atoms with Crippen LogP contribution in [0.3, 0.4) is 0 Å². The maximum Gasteiger partial charge on any atom is 0.296 e. The van der Waals surface area contributed by atoms with Crippen LogP contribution >= 0.6 is 34.8 Å². The molecule has 0 aliphatic heterocycles. The number of carbonyl (C=O) groups excluding carboxylic acids is 1. The first kappa shape index (κ1) is 18.5. The monoisotopic (exact) mass is 408 g/mol. The van der Waals surface area contributed by atoms with Crippen molar-refractivity contribution >= 4 is 62.2 Å². The number of anilines is 2. The first-order valence-corrected chi connectivity index (χ1v) is 8.48. The zero-order valence-corrected chi connectivity index (χ0v) is 14.1. The van der Waals surface area contributed by atoms with E-state index in [0.29, 0.717) is 0 Å². The molecule has 1 aliphatic rings. The van der Waals surface area contributed by atoms with Crippen molar-refractivity contribution in [1.82, 2.24) is 0 Å². The second kappa shape index (κ2) is 5.59. The Kier molecular flexibility index (Phi) is 4.49. The van der Waals surface area contributed by atoms with Gasteiger partial charge in [-0.2, -0.15) is 8.42 Å². The van der Waals surface area contributed by atoms with Gasteiger partial charge in [-0.3, -0.25) is 9.35 Å². The van der Waals surface area contributed by atoms with Gasteiger partial charge in [-0.05, 0) is 12.1 Å². The normalized spacial score (nSPS) is 22.3. The van der Waals surface area contributed by atoms with Gasteiger partial charge < -0.3 is 11.1 Å². The van der Waals surface area contributed by atoms with E-state index in [9.17, 15) is 22.0 Å². The number of nitrogens with one attached hydrogen (secondary N) is 1. The Morgan fingerprint density at radius 3 is 2.39 bits per heavy atom. The number of benzene rings is 1. The largest absolute Gasteiger partial charge is 0.399 e. The van der Waals surface area contributed by atoms with E-state index in [1.54, 1.807) is 0 Å². The maximum absolute atomic E-state index is 13.2. The molecule has 4 N–H and O–H groups in total. The Labute approximate surface area is 144 Å². The first-order valence-electron chi connectivity index (χ1n) is 5.90. The second-order valence-corrected chi connectivity index (χ2v) is 8.11. The predicted octanol–water partition coefficient (Wildman–Crippen LogP) is 2.94.